The van der Waals surface area contributed by atoms with E-state index in [0.717, 1.165) is 12.2 Å². The van der Waals surface area contributed by atoms with Crippen molar-refractivity contribution in [3.05, 3.63) is 54.1 Å². The summed E-state index contributed by atoms with van der Waals surface area (Å²) in [6.07, 6.45) is 0.951. The maximum atomic E-state index is 12.6. The van der Waals surface area contributed by atoms with Gasteiger partial charge in [0, 0.05) is 19.2 Å². The molecule has 1 aliphatic rings. The van der Waals surface area contributed by atoms with Crippen molar-refractivity contribution in [3.63, 3.8) is 0 Å². The van der Waals surface area contributed by atoms with E-state index in [1.54, 1.807) is 55.6 Å². The van der Waals surface area contributed by atoms with Gasteiger partial charge in [-0.1, -0.05) is 18.7 Å². The highest BCUT2D eigenvalue weighted by Crippen LogP contribution is 2.31. The molecule has 1 fully saturated rings. The van der Waals surface area contributed by atoms with Gasteiger partial charge in [-0.2, -0.15) is 0 Å². The zero-order chi connectivity index (χ0) is 23.1. The molecule has 0 spiro atoms. The molecule has 168 valence electrons. The standard InChI is InChI=1S/C23H25N3O5S/c1-4-13-31-18-11-9-16(10-12-18)24-20(27)14-19-21(28)26(2)23(32-19)25-17-7-5-15(6-8-17)22(29)30-3/h5-12,19H,4,13-14H2,1-3H3,(H,24,27)/t19-/m0/s1. The number of carbonyl (C=O) groups is 3. The third-order valence-electron chi connectivity index (χ3n) is 4.64. The van der Waals surface area contributed by atoms with Gasteiger partial charge < -0.3 is 14.8 Å². The fraction of sp³-hybridized carbons (Fsp3) is 0.304. The minimum absolute atomic E-state index is 0.0300. The van der Waals surface area contributed by atoms with Gasteiger partial charge in [0.25, 0.3) is 0 Å². The number of rotatable bonds is 8. The minimum Gasteiger partial charge on any atom is -0.494 e. The molecule has 2 amide bonds. The van der Waals surface area contributed by atoms with Crippen molar-refractivity contribution < 1.29 is 23.9 Å². The van der Waals surface area contributed by atoms with E-state index in [1.807, 2.05) is 6.92 Å². The van der Waals surface area contributed by atoms with Gasteiger partial charge in [-0.25, -0.2) is 9.79 Å². The summed E-state index contributed by atoms with van der Waals surface area (Å²) >= 11 is 1.24. The Kier molecular flexibility index (Phi) is 7.88. The average Bonchev–Trinajstić information content (AvgIpc) is 3.06. The van der Waals surface area contributed by atoms with Crippen molar-refractivity contribution in [2.75, 3.05) is 26.1 Å². The van der Waals surface area contributed by atoms with E-state index in [9.17, 15) is 14.4 Å². The first-order valence-corrected chi connectivity index (χ1v) is 11.0. The Balaban J connectivity index is 1.59. The number of hydrogen-bond acceptors (Lipinski definition) is 7. The smallest absolute Gasteiger partial charge is 0.337 e. The molecule has 2 aromatic carbocycles. The topological polar surface area (TPSA) is 97.3 Å². The number of nitrogens with one attached hydrogen (secondary N) is 1. The summed E-state index contributed by atoms with van der Waals surface area (Å²) < 4.78 is 10.2. The van der Waals surface area contributed by atoms with Gasteiger partial charge in [-0.05, 0) is 55.0 Å². The minimum atomic E-state index is -0.555. The van der Waals surface area contributed by atoms with E-state index in [2.05, 4.69) is 15.0 Å². The molecule has 9 heteroatoms. The van der Waals surface area contributed by atoms with Gasteiger partial charge in [0.2, 0.25) is 11.8 Å². The molecule has 0 bridgehead atoms. The van der Waals surface area contributed by atoms with E-state index in [-0.39, 0.29) is 18.2 Å². The molecule has 0 aromatic heterocycles. The zero-order valence-electron chi connectivity index (χ0n) is 18.2. The first-order chi connectivity index (χ1) is 15.4. The van der Waals surface area contributed by atoms with E-state index in [1.165, 1.54) is 23.8 Å². The highest BCUT2D eigenvalue weighted by Gasteiger charge is 2.37. The Hall–Kier alpha value is -3.33. The van der Waals surface area contributed by atoms with Crippen LogP contribution in [-0.4, -0.2) is 53.9 Å². The number of esters is 1. The van der Waals surface area contributed by atoms with Crippen LogP contribution in [0.3, 0.4) is 0 Å². The third-order valence-corrected chi connectivity index (χ3v) is 5.86. The summed E-state index contributed by atoms with van der Waals surface area (Å²) in [7, 11) is 2.95. The molecule has 1 saturated heterocycles. The molecule has 0 aliphatic carbocycles. The Labute approximate surface area is 191 Å². The van der Waals surface area contributed by atoms with Crippen molar-refractivity contribution in [1.82, 2.24) is 4.90 Å². The van der Waals surface area contributed by atoms with Crippen LogP contribution in [0.4, 0.5) is 11.4 Å². The number of anilines is 1. The molecule has 0 saturated carbocycles. The third kappa shape index (κ3) is 5.88. The number of aliphatic imine (C=N–C) groups is 1. The van der Waals surface area contributed by atoms with Gasteiger partial charge in [0.05, 0.1) is 25.0 Å². The van der Waals surface area contributed by atoms with Crippen LogP contribution in [0, 0.1) is 0 Å². The SMILES string of the molecule is CCCOc1ccc(NC(=O)C[C@@H]2SC(=Nc3ccc(C(=O)OC)cc3)N(C)C2=O)cc1. The summed E-state index contributed by atoms with van der Waals surface area (Å²) in [5, 5.41) is 2.75. The molecule has 32 heavy (non-hydrogen) atoms. The summed E-state index contributed by atoms with van der Waals surface area (Å²) in [6, 6.07) is 13.7. The highest BCUT2D eigenvalue weighted by atomic mass is 32.2. The molecule has 0 unspecified atom stereocenters. The summed E-state index contributed by atoms with van der Waals surface area (Å²) in [4.78, 5) is 42.5. The van der Waals surface area contributed by atoms with Gasteiger partial charge in [-0.15, -0.1) is 0 Å². The van der Waals surface area contributed by atoms with Crippen LogP contribution in [0.25, 0.3) is 0 Å². The Morgan fingerprint density at radius 1 is 1.12 bits per heavy atom. The second kappa shape index (κ2) is 10.8. The van der Waals surface area contributed by atoms with Crippen LogP contribution in [0.15, 0.2) is 53.5 Å². The Bertz CT molecular complexity index is 1010. The van der Waals surface area contributed by atoms with Crippen LogP contribution in [0.1, 0.15) is 30.1 Å². The van der Waals surface area contributed by atoms with Crippen LogP contribution in [0.2, 0.25) is 0 Å². The molecule has 2 aromatic rings. The highest BCUT2D eigenvalue weighted by molar-refractivity contribution is 8.15. The zero-order valence-corrected chi connectivity index (χ0v) is 19.0. The van der Waals surface area contributed by atoms with Crippen molar-refractivity contribution >= 4 is 46.1 Å². The van der Waals surface area contributed by atoms with Crippen molar-refractivity contribution in [1.29, 1.82) is 0 Å². The molecular weight excluding hydrogens is 430 g/mol. The summed E-state index contributed by atoms with van der Waals surface area (Å²) in [6.45, 7) is 2.67. The average molecular weight is 456 g/mol. The van der Waals surface area contributed by atoms with Crippen LogP contribution in [0.5, 0.6) is 5.75 Å². The molecule has 0 radical (unpaired) electrons. The van der Waals surface area contributed by atoms with Crippen molar-refractivity contribution in [2.24, 2.45) is 4.99 Å². The number of thioether (sulfide) groups is 1. The van der Waals surface area contributed by atoms with Crippen LogP contribution in [-0.2, 0) is 14.3 Å². The quantitative estimate of drug-likeness (QED) is 0.607. The van der Waals surface area contributed by atoms with Crippen molar-refractivity contribution in [3.8, 4) is 5.75 Å². The first-order valence-electron chi connectivity index (χ1n) is 10.1. The lowest BCUT2D eigenvalue weighted by atomic mass is 10.2. The Morgan fingerprint density at radius 2 is 1.81 bits per heavy atom. The molecule has 1 atom stereocenters. The maximum Gasteiger partial charge on any atom is 0.337 e. The summed E-state index contributed by atoms with van der Waals surface area (Å²) in [5.41, 5.74) is 1.65. The number of ether oxygens (including phenoxy) is 2. The van der Waals surface area contributed by atoms with Gasteiger partial charge in [-0.3, -0.25) is 14.5 Å². The van der Waals surface area contributed by atoms with Gasteiger partial charge in [0.15, 0.2) is 5.17 Å². The molecular formula is C23H25N3O5S. The lowest BCUT2D eigenvalue weighted by Gasteiger charge is -2.10. The molecule has 8 nitrogen and oxygen atoms in total. The maximum absolute atomic E-state index is 12.6. The molecule has 1 aliphatic heterocycles. The fourth-order valence-electron chi connectivity index (χ4n) is 2.93. The van der Waals surface area contributed by atoms with Crippen LogP contribution >= 0.6 is 11.8 Å². The van der Waals surface area contributed by atoms with Crippen molar-refractivity contribution in [2.45, 2.75) is 25.0 Å². The molecule has 3 rings (SSSR count). The van der Waals surface area contributed by atoms with E-state index >= 15 is 0 Å². The van der Waals surface area contributed by atoms with Gasteiger partial charge >= 0.3 is 5.97 Å². The number of amidine groups is 1. The van der Waals surface area contributed by atoms with E-state index in [0.29, 0.717) is 28.7 Å². The number of carbonyl (C=O) groups excluding carboxylic acids is 3. The van der Waals surface area contributed by atoms with E-state index in [4.69, 9.17) is 4.74 Å². The molecule has 1 N–H and O–H groups in total. The largest absolute Gasteiger partial charge is 0.494 e. The number of nitrogens with zero attached hydrogens (tertiary/aromatic N) is 2. The monoisotopic (exact) mass is 455 g/mol. The second-order valence-corrected chi connectivity index (χ2v) is 8.23. The number of hydrogen-bond donors (Lipinski definition) is 1. The van der Waals surface area contributed by atoms with Gasteiger partial charge in [0.1, 0.15) is 11.0 Å². The second-order valence-electron chi connectivity index (χ2n) is 7.06. The fourth-order valence-corrected chi connectivity index (χ4v) is 4.09. The predicted molar refractivity (Wildman–Crippen MR) is 125 cm³/mol. The first kappa shape index (κ1) is 23.3. The lowest BCUT2D eigenvalue weighted by molar-refractivity contribution is -0.127. The normalized spacial score (nSPS) is 16.8. The van der Waals surface area contributed by atoms with E-state index < -0.39 is 11.2 Å². The van der Waals surface area contributed by atoms with Crippen LogP contribution < -0.4 is 10.1 Å². The molecule has 1 heterocycles. The number of amides is 2. The summed E-state index contributed by atoms with van der Waals surface area (Å²) in [5.74, 6) is -0.122. The Morgan fingerprint density at radius 3 is 2.44 bits per heavy atom. The lowest BCUT2D eigenvalue weighted by Crippen LogP contribution is -2.30. The predicted octanol–water partition coefficient (Wildman–Crippen LogP) is 3.85. The number of methoxy groups -OCH3 is 1. The number of benzene rings is 2.